The summed E-state index contributed by atoms with van der Waals surface area (Å²) in [5.74, 6) is 0.830. The molecule has 20 heavy (non-hydrogen) atoms. The van der Waals surface area contributed by atoms with Crippen LogP contribution >= 0.6 is 0 Å². The summed E-state index contributed by atoms with van der Waals surface area (Å²) in [4.78, 5) is 0. The first-order chi connectivity index (χ1) is 9.48. The molecule has 1 fully saturated rings. The predicted molar refractivity (Wildman–Crippen MR) is 74.3 cm³/mol. The molecule has 0 aliphatic heterocycles. The van der Waals surface area contributed by atoms with Gasteiger partial charge in [0.15, 0.2) is 5.69 Å². The van der Waals surface area contributed by atoms with Crippen molar-refractivity contribution in [2.75, 3.05) is 18.1 Å². The number of nitriles is 1. The van der Waals surface area contributed by atoms with E-state index in [0.717, 1.165) is 19.3 Å². The van der Waals surface area contributed by atoms with E-state index in [0.29, 0.717) is 12.4 Å². The van der Waals surface area contributed by atoms with E-state index in [1.54, 1.807) is 12.1 Å². The van der Waals surface area contributed by atoms with Crippen molar-refractivity contribution in [2.45, 2.75) is 25.3 Å². The Hall–Kier alpha value is -1.72. The summed E-state index contributed by atoms with van der Waals surface area (Å²) < 4.78 is 25.3. The maximum atomic E-state index is 11.3. The fourth-order valence-electron chi connectivity index (χ4n) is 2.43. The monoisotopic (exact) mass is 295 g/mol. The van der Waals surface area contributed by atoms with Crippen LogP contribution in [0.25, 0.3) is 0 Å². The van der Waals surface area contributed by atoms with Crippen LogP contribution in [0.5, 0.6) is 0 Å². The Kier molecular flexibility index (Phi) is 4.52. The van der Waals surface area contributed by atoms with Gasteiger partial charge < -0.3 is 5.32 Å². The van der Waals surface area contributed by atoms with Crippen LogP contribution in [0.3, 0.4) is 0 Å². The molecule has 1 heterocycles. The number of anilines is 1. The van der Waals surface area contributed by atoms with Gasteiger partial charge >= 0.3 is 0 Å². The third kappa shape index (κ3) is 4.15. The van der Waals surface area contributed by atoms with Gasteiger partial charge in [0.25, 0.3) is 0 Å². The number of aromatic nitrogens is 2. The van der Waals surface area contributed by atoms with E-state index in [4.69, 9.17) is 5.26 Å². The van der Waals surface area contributed by atoms with E-state index < -0.39 is 10.0 Å². The second-order valence-corrected chi connectivity index (χ2v) is 6.76. The molecule has 2 atom stereocenters. The number of rotatable bonds is 5. The smallest absolute Gasteiger partial charge is 0.208 e. The van der Waals surface area contributed by atoms with Gasteiger partial charge in [0.2, 0.25) is 10.0 Å². The van der Waals surface area contributed by atoms with Crippen molar-refractivity contribution in [2.24, 2.45) is 5.92 Å². The van der Waals surface area contributed by atoms with Crippen LogP contribution in [0, 0.1) is 17.2 Å². The molecular formula is C12H17N5O2S. The molecule has 1 aromatic rings. The van der Waals surface area contributed by atoms with Gasteiger partial charge in [-0.1, -0.05) is 6.42 Å². The first-order valence-corrected chi connectivity index (χ1v) is 8.32. The number of hydrogen-bond donors (Lipinski definition) is 2. The topological polar surface area (TPSA) is 108 Å². The molecule has 1 aliphatic carbocycles. The van der Waals surface area contributed by atoms with Crippen LogP contribution in [0.2, 0.25) is 0 Å². The molecule has 2 N–H and O–H groups in total. The molecule has 0 bridgehead atoms. The Bertz CT molecular complexity index is 593. The maximum Gasteiger partial charge on any atom is 0.208 e. The van der Waals surface area contributed by atoms with Gasteiger partial charge in [-0.2, -0.15) is 5.26 Å². The van der Waals surface area contributed by atoms with Gasteiger partial charge in [-0.05, 0) is 30.9 Å². The maximum absolute atomic E-state index is 11.3. The first kappa shape index (κ1) is 14.7. The zero-order chi connectivity index (χ0) is 14.6. The molecule has 1 saturated carbocycles. The molecule has 108 valence electrons. The van der Waals surface area contributed by atoms with Crippen molar-refractivity contribution in [1.29, 1.82) is 5.26 Å². The number of nitrogens with zero attached hydrogens (tertiary/aromatic N) is 3. The number of sulfonamides is 1. The lowest BCUT2D eigenvalue weighted by Crippen LogP contribution is -2.39. The van der Waals surface area contributed by atoms with Crippen molar-refractivity contribution >= 4 is 15.8 Å². The molecule has 7 nitrogen and oxygen atoms in total. The lowest BCUT2D eigenvalue weighted by atomic mass is 10.1. The van der Waals surface area contributed by atoms with Gasteiger partial charge in [0.1, 0.15) is 11.9 Å². The van der Waals surface area contributed by atoms with Gasteiger partial charge in [-0.15, -0.1) is 10.2 Å². The Labute approximate surface area is 118 Å². The SMILES string of the molecule is CS(=O)(=O)NC1CCCC1CNc1ccc(C#N)nn1. The second kappa shape index (κ2) is 6.15. The quantitative estimate of drug-likeness (QED) is 0.818. The van der Waals surface area contributed by atoms with Crippen LogP contribution in [-0.2, 0) is 10.0 Å². The first-order valence-electron chi connectivity index (χ1n) is 6.43. The van der Waals surface area contributed by atoms with E-state index in [9.17, 15) is 8.42 Å². The van der Waals surface area contributed by atoms with E-state index in [1.165, 1.54) is 6.26 Å². The molecule has 1 aromatic heterocycles. The van der Waals surface area contributed by atoms with Gasteiger partial charge in [-0.3, -0.25) is 0 Å². The van der Waals surface area contributed by atoms with Crippen LogP contribution < -0.4 is 10.0 Å². The number of nitrogens with one attached hydrogen (secondary N) is 2. The van der Waals surface area contributed by atoms with Crippen LogP contribution in [0.4, 0.5) is 5.82 Å². The highest BCUT2D eigenvalue weighted by Crippen LogP contribution is 2.26. The zero-order valence-corrected chi connectivity index (χ0v) is 12.0. The van der Waals surface area contributed by atoms with Crippen molar-refractivity contribution < 1.29 is 8.42 Å². The zero-order valence-electron chi connectivity index (χ0n) is 11.2. The normalized spacial score (nSPS) is 22.4. The molecule has 2 unspecified atom stereocenters. The molecule has 0 amide bonds. The molecular weight excluding hydrogens is 278 g/mol. The highest BCUT2D eigenvalue weighted by Gasteiger charge is 2.29. The predicted octanol–water partition coefficient (Wildman–Crippen LogP) is 0.478. The van der Waals surface area contributed by atoms with E-state index >= 15 is 0 Å². The standard InChI is InChI=1S/C12H17N5O2S/c1-20(18,19)17-11-4-2-3-9(11)8-14-12-6-5-10(7-13)15-16-12/h5-6,9,11,17H,2-4,8H2,1H3,(H,14,16). The Morgan fingerprint density at radius 3 is 2.80 bits per heavy atom. The third-order valence-corrected chi connectivity index (χ3v) is 4.08. The minimum absolute atomic E-state index is 0.0242. The Morgan fingerprint density at radius 1 is 1.40 bits per heavy atom. The summed E-state index contributed by atoms with van der Waals surface area (Å²) in [6.45, 7) is 0.633. The van der Waals surface area contributed by atoms with E-state index in [2.05, 4.69) is 20.2 Å². The largest absolute Gasteiger partial charge is 0.368 e. The van der Waals surface area contributed by atoms with Gasteiger partial charge in [0, 0.05) is 12.6 Å². The average Bonchev–Trinajstić information content (AvgIpc) is 2.82. The summed E-state index contributed by atoms with van der Waals surface area (Å²) >= 11 is 0. The highest BCUT2D eigenvalue weighted by molar-refractivity contribution is 7.88. The van der Waals surface area contributed by atoms with Crippen molar-refractivity contribution in [3.63, 3.8) is 0 Å². The minimum Gasteiger partial charge on any atom is -0.368 e. The summed E-state index contributed by atoms with van der Waals surface area (Å²) in [6.07, 6.45) is 4.03. The van der Waals surface area contributed by atoms with Crippen molar-refractivity contribution in [3.8, 4) is 6.07 Å². The number of hydrogen-bond acceptors (Lipinski definition) is 6. The second-order valence-electron chi connectivity index (χ2n) is 4.98. The van der Waals surface area contributed by atoms with Crippen molar-refractivity contribution in [3.05, 3.63) is 17.8 Å². The van der Waals surface area contributed by atoms with Crippen LogP contribution in [0.15, 0.2) is 12.1 Å². The summed E-state index contributed by atoms with van der Waals surface area (Å²) in [5, 5.41) is 19.4. The Balaban J connectivity index is 1.90. The Morgan fingerprint density at radius 2 is 2.20 bits per heavy atom. The van der Waals surface area contributed by atoms with Crippen LogP contribution in [-0.4, -0.2) is 37.5 Å². The van der Waals surface area contributed by atoms with E-state index in [1.807, 2.05) is 6.07 Å². The molecule has 0 radical (unpaired) electrons. The lowest BCUT2D eigenvalue weighted by Gasteiger charge is -2.20. The molecule has 0 aromatic carbocycles. The van der Waals surface area contributed by atoms with Crippen molar-refractivity contribution in [1.82, 2.24) is 14.9 Å². The fourth-order valence-corrected chi connectivity index (χ4v) is 3.29. The van der Waals surface area contributed by atoms with E-state index in [-0.39, 0.29) is 17.7 Å². The van der Waals surface area contributed by atoms with Gasteiger partial charge in [-0.25, -0.2) is 13.1 Å². The average molecular weight is 295 g/mol. The summed E-state index contributed by atoms with van der Waals surface area (Å²) in [7, 11) is -3.17. The summed E-state index contributed by atoms with van der Waals surface area (Å²) in [6, 6.07) is 5.17. The minimum atomic E-state index is -3.17. The lowest BCUT2D eigenvalue weighted by molar-refractivity contribution is 0.463. The molecule has 2 rings (SSSR count). The third-order valence-electron chi connectivity index (χ3n) is 3.35. The summed E-state index contributed by atoms with van der Waals surface area (Å²) in [5.41, 5.74) is 0.271. The fraction of sp³-hybridized carbons (Fsp3) is 0.583. The van der Waals surface area contributed by atoms with Crippen LogP contribution in [0.1, 0.15) is 25.0 Å². The molecule has 1 aliphatic rings. The highest BCUT2D eigenvalue weighted by atomic mass is 32.2. The molecule has 8 heteroatoms. The molecule has 0 saturated heterocycles. The van der Waals surface area contributed by atoms with Gasteiger partial charge in [0.05, 0.1) is 6.26 Å². The molecule has 0 spiro atoms.